The van der Waals surface area contributed by atoms with E-state index in [2.05, 4.69) is 42.4 Å². The zero-order chi connectivity index (χ0) is 27.3. The first-order valence-corrected chi connectivity index (χ1v) is 13.3. The summed E-state index contributed by atoms with van der Waals surface area (Å²) in [6, 6.07) is 7.51. The molecule has 1 atom stereocenters. The Morgan fingerprint density at radius 1 is 1.25 bits per heavy atom. The Bertz CT molecular complexity index is 1660. The number of amides is 1. The Morgan fingerprint density at radius 3 is 2.92 bits per heavy atom. The summed E-state index contributed by atoms with van der Waals surface area (Å²) < 4.78 is 20.4. The summed E-state index contributed by atoms with van der Waals surface area (Å²) in [6.45, 7) is 1.88. The number of anilines is 3. The third-order valence-corrected chi connectivity index (χ3v) is 8.00. The molecule has 2 fully saturated rings. The number of nitrogens with zero attached hydrogens (tertiary/aromatic N) is 7. The van der Waals surface area contributed by atoms with Crippen LogP contribution in [0.25, 0.3) is 11.2 Å². The number of nitriles is 1. The standard InChI is InChI=1S/C27H27N9O4/c1-35-23-18(13-28)19(39-16-3-8-29-21(11-16)32-26(37)40-17-4-10-38-15-17)14-30-24(23)33-25(35)31-22-12-20-27(5-2-6-27)7-9-36(20)34-22/h3,8,11-12,14,17H,2,4-7,9-10,15H2,1H3,(H,29,32,37)(H,30,31,33,34). The molecule has 1 saturated carbocycles. The van der Waals surface area contributed by atoms with Gasteiger partial charge in [-0.2, -0.15) is 15.3 Å². The van der Waals surface area contributed by atoms with Crippen molar-refractivity contribution in [3.8, 4) is 17.6 Å². The van der Waals surface area contributed by atoms with Gasteiger partial charge in [-0.1, -0.05) is 6.42 Å². The van der Waals surface area contributed by atoms with Crippen LogP contribution in [0.2, 0.25) is 0 Å². The number of pyridine rings is 2. The van der Waals surface area contributed by atoms with E-state index in [9.17, 15) is 10.1 Å². The van der Waals surface area contributed by atoms with Crippen molar-refractivity contribution < 1.29 is 19.0 Å². The van der Waals surface area contributed by atoms with E-state index in [1.54, 1.807) is 16.7 Å². The van der Waals surface area contributed by atoms with Crippen LogP contribution >= 0.6 is 0 Å². The minimum Gasteiger partial charge on any atom is -0.454 e. The smallest absolute Gasteiger partial charge is 0.413 e. The van der Waals surface area contributed by atoms with Gasteiger partial charge in [0.15, 0.2) is 17.2 Å². The van der Waals surface area contributed by atoms with E-state index in [0.29, 0.717) is 42.5 Å². The van der Waals surface area contributed by atoms with Crippen LogP contribution < -0.4 is 15.4 Å². The van der Waals surface area contributed by atoms with E-state index in [-0.39, 0.29) is 28.6 Å². The number of rotatable bonds is 6. The lowest BCUT2D eigenvalue weighted by atomic mass is 9.66. The molecule has 7 rings (SSSR count). The third-order valence-electron chi connectivity index (χ3n) is 8.00. The number of fused-ring (bicyclic) bond motifs is 3. The highest BCUT2D eigenvalue weighted by Crippen LogP contribution is 2.50. The minimum absolute atomic E-state index is 0.247. The van der Waals surface area contributed by atoms with Gasteiger partial charge in [0.05, 0.1) is 19.4 Å². The normalized spacial score (nSPS) is 18.8. The summed E-state index contributed by atoms with van der Waals surface area (Å²) >= 11 is 0. The topological polar surface area (TPSA) is 154 Å². The fourth-order valence-corrected chi connectivity index (χ4v) is 5.76. The lowest BCUT2D eigenvalue weighted by Gasteiger charge is -2.37. The van der Waals surface area contributed by atoms with Gasteiger partial charge in [0, 0.05) is 49.5 Å². The summed E-state index contributed by atoms with van der Waals surface area (Å²) in [5.74, 6) is 2.12. The maximum Gasteiger partial charge on any atom is 0.413 e. The van der Waals surface area contributed by atoms with Gasteiger partial charge in [0.25, 0.3) is 0 Å². The molecule has 1 spiro atoms. The molecule has 1 aliphatic carbocycles. The van der Waals surface area contributed by atoms with Crippen molar-refractivity contribution in [3.63, 3.8) is 0 Å². The van der Waals surface area contributed by atoms with Gasteiger partial charge in [0.1, 0.15) is 34.8 Å². The lowest BCUT2D eigenvalue weighted by molar-refractivity contribution is 0.0931. The second-order valence-electron chi connectivity index (χ2n) is 10.4. The van der Waals surface area contributed by atoms with Gasteiger partial charge >= 0.3 is 6.09 Å². The fraction of sp³-hybridized carbons (Fsp3) is 0.407. The summed E-state index contributed by atoms with van der Waals surface area (Å²) in [4.78, 5) is 25.4. The van der Waals surface area contributed by atoms with Crippen molar-refractivity contribution in [1.82, 2.24) is 29.3 Å². The number of aryl methyl sites for hydroxylation is 2. The van der Waals surface area contributed by atoms with Gasteiger partial charge in [-0.3, -0.25) is 10.00 Å². The Morgan fingerprint density at radius 2 is 2.15 bits per heavy atom. The number of aromatic nitrogens is 6. The first kappa shape index (κ1) is 24.3. The molecule has 1 amide bonds. The second kappa shape index (κ2) is 9.49. The highest BCUT2D eigenvalue weighted by Gasteiger charge is 2.45. The summed E-state index contributed by atoms with van der Waals surface area (Å²) in [6.07, 6.45) is 7.59. The summed E-state index contributed by atoms with van der Waals surface area (Å²) in [7, 11) is 1.82. The molecular weight excluding hydrogens is 514 g/mol. The third kappa shape index (κ3) is 4.17. The average molecular weight is 542 g/mol. The highest BCUT2D eigenvalue weighted by molar-refractivity contribution is 5.85. The zero-order valence-corrected chi connectivity index (χ0v) is 21.9. The maximum absolute atomic E-state index is 12.2. The van der Waals surface area contributed by atoms with Gasteiger partial charge < -0.3 is 24.1 Å². The predicted molar refractivity (Wildman–Crippen MR) is 143 cm³/mol. The zero-order valence-electron chi connectivity index (χ0n) is 21.9. The Balaban J connectivity index is 1.11. The quantitative estimate of drug-likeness (QED) is 0.364. The van der Waals surface area contributed by atoms with E-state index in [4.69, 9.17) is 19.3 Å². The van der Waals surface area contributed by atoms with Crippen LogP contribution in [0.5, 0.6) is 11.5 Å². The lowest BCUT2D eigenvalue weighted by Crippen LogP contribution is -2.31. The molecule has 1 saturated heterocycles. The molecule has 0 bridgehead atoms. The van der Waals surface area contributed by atoms with E-state index < -0.39 is 6.09 Å². The molecule has 2 N–H and O–H groups in total. The van der Waals surface area contributed by atoms with Gasteiger partial charge in [-0.05, 0) is 25.3 Å². The molecule has 2 aliphatic heterocycles. The Hall–Kier alpha value is -4.70. The molecule has 204 valence electrons. The van der Waals surface area contributed by atoms with Crippen molar-refractivity contribution in [3.05, 3.63) is 41.9 Å². The van der Waals surface area contributed by atoms with Crippen LogP contribution in [-0.4, -0.2) is 54.7 Å². The van der Waals surface area contributed by atoms with Crippen LogP contribution in [0.15, 0.2) is 30.6 Å². The minimum atomic E-state index is -0.623. The van der Waals surface area contributed by atoms with E-state index in [0.717, 1.165) is 18.8 Å². The van der Waals surface area contributed by atoms with Crippen LogP contribution in [-0.2, 0) is 28.5 Å². The van der Waals surface area contributed by atoms with Gasteiger partial charge in [-0.15, -0.1) is 0 Å². The summed E-state index contributed by atoms with van der Waals surface area (Å²) in [5, 5.41) is 20.7. The monoisotopic (exact) mass is 541 g/mol. The average Bonchev–Trinajstić information content (AvgIpc) is 3.69. The molecule has 40 heavy (non-hydrogen) atoms. The SMILES string of the molecule is Cn1c(Nc2cc3n(n2)CCC32CCC2)nc2ncc(Oc3ccnc(NC(=O)OC4CCOC4)c3)c(C#N)c21. The van der Waals surface area contributed by atoms with Crippen LogP contribution in [0, 0.1) is 11.3 Å². The number of carbonyl (C=O) groups is 1. The molecule has 13 heteroatoms. The first-order valence-electron chi connectivity index (χ1n) is 13.3. The summed E-state index contributed by atoms with van der Waals surface area (Å²) in [5.41, 5.74) is 2.79. The molecule has 13 nitrogen and oxygen atoms in total. The largest absolute Gasteiger partial charge is 0.454 e. The van der Waals surface area contributed by atoms with E-state index in [1.807, 2.05) is 7.05 Å². The van der Waals surface area contributed by atoms with E-state index in [1.165, 1.54) is 37.4 Å². The van der Waals surface area contributed by atoms with Gasteiger partial charge in [0.2, 0.25) is 5.95 Å². The fourth-order valence-electron chi connectivity index (χ4n) is 5.76. The number of hydrogen-bond donors (Lipinski definition) is 2. The molecule has 0 radical (unpaired) electrons. The van der Waals surface area contributed by atoms with Gasteiger partial charge in [-0.25, -0.2) is 14.8 Å². The highest BCUT2D eigenvalue weighted by atomic mass is 16.6. The second-order valence-corrected chi connectivity index (χ2v) is 10.4. The maximum atomic E-state index is 12.2. The first-order chi connectivity index (χ1) is 19.5. The van der Waals surface area contributed by atoms with E-state index >= 15 is 0 Å². The predicted octanol–water partition coefficient (Wildman–Crippen LogP) is 4.13. The van der Waals surface area contributed by atoms with Crippen molar-refractivity contribution in [2.45, 2.75) is 50.2 Å². The molecule has 3 aliphatic rings. The number of ether oxygens (including phenoxy) is 3. The molecule has 4 aromatic heterocycles. The number of nitrogens with one attached hydrogen (secondary N) is 2. The number of imidazole rings is 1. The van der Waals surface area contributed by atoms with Crippen LogP contribution in [0.1, 0.15) is 43.4 Å². The molecule has 1 unspecified atom stereocenters. The van der Waals surface area contributed by atoms with Crippen molar-refractivity contribution >= 4 is 34.8 Å². The molecule has 0 aromatic carbocycles. The van der Waals surface area contributed by atoms with Crippen LogP contribution in [0.4, 0.5) is 22.4 Å². The van der Waals surface area contributed by atoms with Crippen molar-refractivity contribution in [1.29, 1.82) is 5.26 Å². The van der Waals surface area contributed by atoms with Crippen molar-refractivity contribution in [2.24, 2.45) is 7.05 Å². The van der Waals surface area contributed by atoms with Crippen LogP contribution in [0.3, 0.4) is 0 Å². The molecule has 4 aromatic rings. The Kier molecular flexibility index (Phi) is 5.78. The molecular formula is C27H27N9O4. The Labute approximate surface area is 229 Å². The van der Waals surface area contributed by atoms with Crippen molar-refractivity contribution in [2.75, 3.05) is 23.8 Å². The molecule has 6 heterocycles. The number of carbonyl (C=O) groups excluding carboxylic acids is 1. The number of hydrogen-bond acceptors (Lipinski definition) is 10.